The Morgan fingerprint density at radius 3 is 2.84 bits per heavy atom. The minimum atomic E-state index is -0.0505. The molecule has 1 aromatic carbocycles. The molecular weight excluding hydrogens is 258 g/mol. The van der Waals surface area contributed by atoms with Crippen molar-refractivity contribution in [3.05, 3.63) is 51.7 Å². The maximum atomic E-state index is 11.7. The second kappa shape index (κ2) is 6.38. The number of amides is 1. The molecule has 2 rings (SSSR count). The summed E-state index contributed by atoms with van der Waals surface area (Å²) in [4.78, 5) is 11.7. The van der Waals surface area contributed by atoms with Crippen LogP contribution in [0.1, 0.15) is 21.5 Å². The molecule has 0 saturated carbocycles. The molecule has 100 valence electrons. The second-order valence-electron chi connectivity index (χ2n) is 4.39. The van der Waals surface area contributed by atoms with E-state index in [0.29, 0.717) is 18.7 Å². The Bertz CT molecular complexity index is 549. The zero-order valence-corrected chi connectivity index (χ0v) is 11.9. The lowest BCUT2D eigenvalue weighted by Crippen LogP contribution is -2.27. The van der Waals surface area contributed by atoms with E-state index in [9.17, 15) is 4.79 Å². The zero-order valence-electron chi connectivity index (χ0n) is 11.1. The van der Waals surface area contributed by atoms with Crippen LogP contribution in [0.4, 0.5) is 0 Å². The molecule has 0 unspecified atom stereocenters. The van der Waals surface area contributed by atoms with E-state index in [4.69, 9.17) is 4.74 Å². The van der Waals surface area contributed by atoms with Gasteiger partial charge in [-0.2, -0.15) is 11.3 Å². The maximum Gasteiger partial charge on any atom is 0.252 e. The summed E-state index contributed by atoms with van der Waals surface area (Å²) in [5.41, 5.74) is 3.04. The number of carbonyl (C=O) groups excluding carboxylic acids is 1. The van der Waals surface area contributed by atoms with E-state index in [1.54, 1.807) is 0 Å². The summed E-state index contributed by atoms with van der Waals surface area (Å²) in [6.45, 7) is 5.05. The van der Waals surface area contributed by atoms with Crippen LogP contribution in [0.5, 0.6) is 5.75 Å². The summed E-state index contributed by atoms with van der Waals surface area (Å²) in [6, 6.07) is 7.88. The van der Waals surface area contributed by atoms with Gasteiger partial charge in [-0.1, -0.05) is 17.7 Å². The van der Waals surface area contributed by atoms with Gasteiger partial charge in [0.15, 0.2) is 0 Å². The molecule has 0 fully saturated rings. The molecule has 1 amide bonds. The summed E-state index contributed by atoms with van der Waals surface area (Å²) in [5.74, 6) is 0.820. The van der Waals surface area contributed by atoms with E-state index in [1.165, 1.54) is 16.9 Å². The maximum absolute atomic E-state index is 11.7. The van der Waals surface area contributed by atoms with Crippen LogP contribution in [0.15, 0.2) is 35.0 Å². The third-order valence-electron chi connectivity index (χ3n) is 2.76. The van der Waals surface area contributed by atoms with E-state index < -0.39 is 0 Å². The van der Waals surface area contributed by atoms with Crippen molar-refractivity contribution in [2.24, 2.45) is 0 Å². The number of hydrogen-bond donors (Lipinski definition) is 1. The van der Waals surface area contributed by atoms with Crippen molar-refractivity contribution in [1.29, 1.82) is 0 Å². The van der Waals surface area contributed by atoms with Gasteiger partial charge in [0.25, 0.3) is 5.91 Å². The molecule has 0 aliphatic rings. The second-order valence-corrected chi connectivity index (χ2v) is 5.17. The van der Waals surface area contributed by atoms with E-state index in [0.717, 1.165) is 11.3 Å². The lowest BCUT2D eigenvalue weighted by atomic mass is 10.1. The van der Waals surface area contributed by atoms with Gasteiger partial charge in [0.05, 0.1) is 6.54 Å². The fourth-order valence-corrected chi connectivity index (χ4v) is 2.42. The van der Waals surface area contributed by atoms with E-state index in [1.807, 2.05) is 35.9 Å². The quantitative estimate of drug-likeness (QED) is 0.851. The molecule has 19 heavy (non-hydrogen) atoms. The summed E-state index contributed by atoms with van der Waals surface area (Å²) >= 11 is 1.52. The molecule has 2 aromatic rings. The van der Waals surface area contributed by atoms with Gasteiger partial charge in [0, 0.05) is 10.9 Å². The van der Waals surface area contributed by atoms with Crippen LogP contribution in [0, 0.1) is 13.8 Å². The Balaban J connectivity index is 1.76. The highest BCUT2D eigenvalue weighted by Crippen LogP contribution is 2.18. The van der Waals surface area contributed by atoms with Crippen LogP contribution in [-0.4, -0.2) is 19.1 Å². The minimum Gasteiger partial charge on any atom is -0.491 e. The number of benzene rings is 1. The molecule has 0 radical (unpaired) electrons. The first-order chi connectivity index (χ1) is 9.16. The number of thiophene rings is 1. The first kappa shape index (κ1) is 13.6. The number of rotatable bonds is 5. The predicted octanol–water partition coefficient (Wildman–Crippen LogP) is 3.17. The minimum absolute atomic E-state index is 0.0505. The van der Waals surface area contributed by atoms with E-state index in [2.05, 4.69) is 18.3 Å². The van der Waals surface area contributed by atoms with Gasteiger partial charge in [0.2, 0.25) is 0 Å². The van der Waals surface area contributed by atoms with Gasteiger partial charge in [-0.05, 0) is 36.9 Å². The third-order valence-corrected chi connectivity index (χ3v) is 3.44. The van der Waals surface area contributed by atoms with Gasteiger partial charge in [-0.25, -0.2) is 0 Å². The number of ether oxygens (including phenoxy) is 1. The topological polar surface area (TPSA) is 38.3 Å². The predicted molar refractivity (Wildman–Crippen MR) is 78.1 cm³/mol. The van der Waals surface area contributed by atoms with Crippen LogP contribution >= 0.6 is 11.3 Å². The van der Waals surface area contributed by atoms with E-state index in [-0.39, 0.29) is 5.91 Å². The lowest BCUT2D eigenvalue weighted by molar-refractivity contribution is 0.0947. The van der Waals surface area contributed by atoms with Crippen molar-refractivity contribution in [2.45, 2.75) is 13.8 Å². The molecule has 3 nitrogen and oxygen atoms in total. The fourth-order valence-electron chi connectivity index (χ4n) is 1.78. The number of carbonyl (C=O) groups is 1. The smallest absolute Gasteiger partial charge is 0.252 e. The Morgan fingerprint density at radius 2 is 2.16 bits per heavy atom. The van der Waals surface area contributed by atoms with Crippen molar-refractivity contribution in [1.82, 2.24) is 5.32 Å². The average molecular weight is 275 g/mol. The largest absolute Gasteiger partial charge is 0.491 e. The summed E-state index contributed by atoms with van der Waals surface area (Å²) < 4.78 is 5.65. The number of aryl methyl sites for hydroxylation is 2. The molecule has 1 heterocycles. The lowest BCUT2D eigenvalue weighted by Gasteiger charge is -2.10. The monoisotopic (exact) mass is 275 g/mol. The van der Waals surface area contributed by atoms with Crippen molar-refractivity contribution in [3.63, 3.8) is 0 Å². The van der Waals surface area contributed by atoms with Gasteiger partial charge < -0.3 is 10.1 Å². The Kier molecular flexibility index (Phi) is 4.58. The van der Waals surface area contributed by atoms with Crippen molar-refractivity contribution in [3.8, 4) is 5.75 Å². The molecule has 0 atom stereocenters. The van der Waals surface area contributed by atoms with Crippen LogP contribution < -0.4 is 10.1 Å². The molecule has 0 bridgehead atoms. The first-order valence-electron chi connectivity index (χ1n) is 6.17. The van der Waals surface area contributed by atoms with Gasteiger partial charge in [0.1, 0.15) is 12.4 Å². The van der Waals surface area contributed by atoms with Crippen molar-refractivity contribution < 1.29 is 9.53 Å². The Labute approximate surface area is 117 Å². The number of hydrogen-bond acceptors (Lipinski definition) is 3. The van der Waals surface area contributed by atoms with Gasteiger partial charge in [-0.15, -0.1) is 0 Å². The highest BCUT2D eigenvalue weighted by molar-refractivity contribution is 7.08. The SMILES string of the molecule is Cc1ccc(OCCNC(=O)c2ccsc2)c(C)c1. The molecule has 0 aliphatic heterocycles. The molecule has 1 aromatic heterocycles. The highest BCUT2D eigenvalue weighted by atomic mass is 32.1. The third kappa shape index (κ3) is 3.83. The molecular formula is C15H17NO2S. The Hall–Kier alpha value is -1.81. The molecule has 0 aliphatic carbocycles. The summed E-state index contributed by atoms with van der Waals surface area (Å²) in [5, 5.41) is 6.55. The molecule has 0 saturated heterocycles. The summed E-state index contributed by atoms with van der Waals surface area (Å²) in [7, 11) is 0. The molecule has 4 heteroatoms. The van der Waals surface area contributed by atoms with Gasteiger partial charge >= 0.3 is 0 Å². The van der Waals surface area contributed by atoms with Crippen LogP contribution in [0.3, 0.4) is 0 Å². The van der Waals surface area contributed by atoms with Crippen molar-refractivity contribution >= 4 is 17.2 Å². The number of nitrogens with one attached hydrogen (secondary N) is 1. The van der Waals surface area contributed by atoms with Crippen LogP contribution in [0.25, 0.3) is 0 Å². The van der Waals surface area contributed by atoms with E-state index >= 15 is 0 Å². The zero-order chi connectivity index (χ0) is 13.7. The van der Waals surface area contributed by atoms with Crippen LogP contribution in [0.2, 0.25) is 0 Å². The molecule has 0 spiro atoms. The molecule has 1 N–H and O–H groups in total. The van der Waals surface area contributed by atoms with Gasteiger partial charge in [-0.3, -0.25) is 4.79 Å². The summed E-state index contributed by atoms with van der Waals surface area (Å²) in [6.07, 6.45) is 0. The average Bonchev–Trinajstić information content (AvgIpc) is 2.90. The highest BCUT2D eigenvalue weighted by Gasteiger charge is 2.05. The fraction of sp³-hybridized carbons (Fsp3) is 0.267. The first-order valence-corrected chi connectivity index (χ1v) is 7.11. The Morgan fingerprint density at radius 1 is 1.32 bits per heavy atom. The standard InChI is InChI=1S/C15H17NO2S/c1-11-3-4-14(12(2)9-11)18-7-6-16-15(17)13-5-8-19-10-13/h3-5,8-10H,6-7H2,1-2H3,(H,16,17). The van der Waals surface area contributed by atoms with Crippen molar-refractivity contribution in [2.75, 3.05) is 13.2 Å². The van der Waals surface area contributed by atoms with Crippen LogP contribution in [-0.2, 0) is 0 Å². The normalized spacial score (nSPS) is 10.2.